The lowest BCUT2D eigenvalue weighted by Gasteiger charge is -2.08. The summed E-state index contributed by atoms with van der Waals surface area (Å²) < 4.78 is 40.5. The van der Waals surface area contributed by atoms with E-state index in [1.807, 2.05) is 0 Å². The molecule has 15 heavy (non-hydrogen) atoms. The molecule has 1 N–H and O–H groups in total. The number of allylic oxidation sites excluding steroid dienone is 1. The minimum Gasteiger partial charge on any atom is -0.504 e. The smallest absolute Gasteiger partial charge is 0.449 e. The maximum Gasteiger partial charge on any atom is 0.449 e. The molecule has 0 unspecified atom stereocenters. The number of hydrogen-bond donors (Lipinski definition) is 1. The Morgan fingerprint density at radius 2 is 2.07 bits per heavy atom. The molecule has 0 atom stereocenters. The summed E-state index contributed by atoms with van der Waals surface area (Å²) in [6.07, 6.45) is -4.40. The minimum atomic E-state index is -5.00. The molecule has 0 saturated heterocycles. The van der Waals surface area contributed by atoms with Crippen molar-refractivity contribution in [2.75, 3.05) is 13.7 Å². The predicted molar refractivity (Wildman–Crippen MR) is 46.8 cm³/mol. The molecule has 0 radical (unpaired) electrons. The molecule has 0 aliphatic heterocycles. The van der Waals surface area contributed by atoms with Crippen LogP contribution in [0.4, 0.5) is 13.2 Å². The van der Waals surface area contributed by atoms with Gasteiger partial charge in [-0.25, -0.2) is 4.79 Å². The highest BCUT2D eigenvalue weighted by molar-refractivity contribution is 6.10. The molecule has 0 bridgehead atoms. The molecule has 0 fully saturated rings. The summed E-state index contributed by atoms with van der Waals surface area (Å²) in [5, 5.41) is 8.74. The third kappa shape index (κ3) is 4.01. The molecule has 86 valence electrons. The van der Waals surface area contributed by atoms with Gasteiger partial charge in [-0.3, -0.25) is 4.99 Å². The molecule has 0 saturated carbocycles. The molecule has 0 aromatic heterocycles. The SMILES string of the molecule is CCOC(=O)/C(C=NC)=C(/O)C(F)(F)F. The number of nitrogens with zero attached hydrogens (tertiary/aromatic N) is 1. The molecule has 0 aromatic carbocycles. The van der Waals surface area contributed by atoms with Crippen molar-refractivity contribution in [2.24, 2.45) is 4.99 Å². The normalized spacial score (nSPS) is 13.9. The van der Waals surface area contributed by atoms with Gasteiger partial charge in [0, 0.05) is 13.3 Å². The number of carbonyl (C=O) groups excluding carboxylic acids is 1. The van der Waals surface area contributed by atoms with Gasteiger partial charge in [-0.2, -0.15) is 13.2 Å². The molecule has 0 amide bonds. The van der Waals surface area contributed by atoms with Crippen LogP contribution in [0, 0.1) is 0 Å². The monoisotopic (exact) mass is 225 g/mol. The summed E-state index contributed by atoms with van der Waals surface area (Å²) in [5.74, 6) is -3.27. The van der Waals surface area contributed by atoms with E-state index in [0.717, 1.165) is 0 Å². The zero-order chi connectivity index (χ0) is 12.1. The van der Waals surface area contributed by atoms with E-state index in [1.165, 1.54) is 14.0 Å². The average molecular weight is 225 g/mol. The lowest BCUT2D eigenvalue weighted by atomic mass is 10.2. The van der Waals surface area contributed by atoms with E-state index in [4.69, 9.17) is 5.11 Å². The number of aliphatic hydroxyl groups is 1. The van der Waals surface area contributed by atoms with Gasteiger partial charge in [0.05, 0.1) is 6.61 Å². The molecule has 7 heteroatoms. The van der Waals surface area contributed by atoms with E-state index in [1.54, 1.807) is 0 Å². The largest absolute Gasteiger partial charge is 0.504 e. The van der Waals surface area contributed by atoms with Crippen molar-refractivity contribution < 1.29 is 27.8 Å². The Hall–Kier alpha value is -1.53. The van der Waals surface area contributed by atoms with Crippen LogP contribution in [-0.4, -0.2) is 37.1 Å². The maximum atomic E-state index is 12.0. The lowest BCUT2D eigenvalue weighted by molar-refractivity contribution is -0.141. The minimum absolute atomic E-state index is 0.0922. The summed E-state index contributed by atoms with van der Waals surface area (Å²) in [4.78, 5) is 14.2. The lowest BCUT2D eigenvalue weighted by Crippen LogP contribution is -2.20. The van der Waals surface area contributed by atoms with Crippen molar-refractivity contribution in [3.63, 3.8) is 0 Å². The van der Waals surface area contributed by atoms with Crippen LogP contribution in [-0.2, 0) is 9.53 Å². The molecular formula is C8H10F3NO3. The van der Waals surface area contributed by atoms with Gasteiger partial charge in [-0.15, -0.1) is 0 Å². The number of aliphatic hydroxyl groups excluding tert-OH is 1. The fraction of sp³-hybridized carbons (Fsp3) is 0.500. The average Bonchev–Trinajstić information content (AvgIpc) is 2.12. The molecule has 0 rings (SSSR count). The Balaban J connectivity index is 5.20. The number of ether oxygens (including phenoxy) is 1. The number of esters is 1. The Kier molecular flexibility index (Phi) is 4.83. The highest BCUT2D eigenvalue weighted by Gasteiger charge is 2.38. The molecule has 0 spiro atoms. The van der Waals surface area contributed by atoms with Gasteiger partial charge in [-0.05, 0) is 6.92 Å². The number of halogens is 3. The Bertz CT molecular complexity index is 294. The van der Waals surface area contributed by atoms with Crippen LogP contribution in [0.2, 0.25) is 0 Å². The summed E-state index contributed by atoms with van der Waals surface area (Å²) in [6.45, 7) is 1.34. The van der Waals surface area contributed by atoms with Gasteiger partial charge in [0.15, 0.2) is 0 Å². The van der Waals surface area contributed by atoms with E-state index >= 15 is 0 Å². The van der Waals surface area contributed by atoms with Crippen LogP contribution in [0.15, 0.2) is 16.3 Å². The van der Waals surface area contributed by atoms with Crippen LogP contribution >= 0.6 is 0 Å². The topological polar surface area (TPSA) is 58.9 Å². The van der Waals surface area contributed by atoms with Crippen LogP contribution in [0.25, 0.3) is 0 Å². The summed E-state index contributed by atoms with van der Waals surface area (Å²) >= 11 is 0. The Morgan fingerprint density at radius 3 is 2.40 bits per heavy atom. The Labute approximate surface area is 84.1 Å². The second-order valence-electron chi connectivity index (χ2n) is 2.37. The summed E-state index contributed by atoms with van der Waals surface area (Å²) in [7, 11) is 1.17. The first kappa shape index (κ1) is 13.5. The van der Waals surface area contributed by atoms with Crippen molar-refractivity contribution in [2.45, 2.75) is 13.1 Å². The van der Waals surface area contributed by atoms with Crippen molar-refractivity contribution in [3.8, 4) is 0 Å². The van der Waals surface area contributed by atoms with Crippen LogP contribution in [0.5, 0.6) is 0 Å². The molecular weight excluding hydrogens is 215 g/mol. The van der Waals surface area contributed by atoms with Crippen LogP contribution in [0.3, 0.4) is 0 Å². The number of aliphatic imine (C=N–C) groups is 1. The van der Waals surface area contributed by atoms with Gasteiger partial charge >= 0.3 is 12.1 Å². The van der Waals surface area contributed by atoms with Gasteiger partial charge in [-0.1, -0.05) is 0 Å². The number of rotatable bonds is 3. The van der Waals surface area contributed by atoms with Gasteiger partial charge in [0.2, 0.25) is 5.76 Å². The van der Waals surface area contributed by atoms with Gasteiger partial charge in [0.1, 0.15) is 5.57 Å². The molecule has 0 heterocycles. The fourth-order valence-electron chi connectivity index (χ4n) is 0.701. The van der Waals surface area contributed by atoms with E-state index in [9.17, 15) is 18.0 Å². The standard InChI is InChI=1S/C8H10F3NO3/c1-3-15-7(14)5(4-12-2)6(13)8(9,10)11/h4,13H,3H2,1-2H3/b6-5+,12-4?. The zero-order valence-corrected chi connectivity index (χ0v) is 8.13. The van der Waals surface area contributed by atoms with Crippen molar-refractivity contribution in [3.05, 3.63) is 11.3 Å². The van der Waals surface area contributed by atoms with Crippen molar-refractivity contribution >= 4 is 12.2 Å². The van der Waals surface area contributed by atoms with Crippen LogP contribution < -0.4 is 0 Å². The van der Waals surface area contributed by atoms with E-state index in [-0.39, 0.29) is 6.61 Å². The highest BCUT2D eigenvalue weighted by atomic mass is 19.4. The van der Waals surface area contributed by atoms with Crippen molar-refractivity contribution in [1.82, 2.24) is 0 Å². The van der Waals surface area contributed by atoms with E-state index < -0.39 is 23.5 Å². The summed E-state index contributed by atoms with van der Waals surface area (Å²) in [5.41, 5.74) is -1.01. The van der Waals surface area contributed by atoms with Gasteiger partial charge in [0.25, 0.3) is 0 Å². The maximum absolute atomic E-state index is 12.0. The second-order valence-corrected chi connectivity index (χ2v) is 2.37. The first-order valence-corrected chi connectivity index (χ1v) is 3.94. The van der Waals surface area contributed by atoms with E-state index in [2.05, 4.69) is 9.73 Å². The zero-order valence-electron chi connectivity index (χ0n) is 8.13. The molecule has 0 aromatic rings. The number of alkyl halides is 3. The number of hydrogen-bond acceptors (Lipinski definition) is 4. The molecule has 4 nitrogen and oxygen atoms in total. The highest BCUT2D eigenvalue weighted by Crippen LogP contribution is 2.25. The third-order valence-corrected chi connectivity index (χ3v) is 1.28. The molecule has 0 aliphatic rings. The number of carbonyl (C=O) groups is 1. The summed E-state index contributed by atoms with van der Waals surface area (Å²) in [6, 6.07) is 0. The third-order valence-electron chi connectivity index (χ3n) is 1.28. The first-order chi connectivity index (χ1) is 6.84. The Morgan fingerprint density at radius 1 is 1.53 bits per heavy atom. The van der Waals surface area contributed by atoms with Crippen LogP contribution in [0.1, 0.15) is 6.92 Å². The fourth-order valence-corrected chi connectivity index (χ4v) is 0.701. The second kappa shape index (κ2) is 5.38. The molecule has 0 aliphatic carbocycles. The van der Waals surface area contributed by atoms with Gasteiger partial charge < -0.3 is 9.84 Å². The first-order valence-electron chi connectivity index (χ1n) is 3.94. The van der Waals surface area contributed by atoms with Crippen molar-refractivity contribution in [1.29, 1.82) is 0 Å². The van der Waals surface area contributed by atoms with E-state index in [0.29, 0.717) is 6.21 Å². The predicted octanol–water partition coefficient (Wildman–Crippen LogP) is 1.62. The quantitative estimate of drug-likeness (QED) is 0.343.